The van der Waals surface area contributed by atoms with Crippen molar-refractivity contribution in [2.45, 2.75) is 13.0 Å². The lowest BCUT2D eigenvalue weighted by Crippen LogP contribution is -2.42. The summed E-state index contributed by atoms with van der Waals surface area (Å²) in [5.41, 5.74) is 1.97. The van der Waals surface area contributed by atoms with E-state index in [4.69, 9.17) is 14.2 Å². The summed E-state index contributed by atoms with van der Waals surface area (Å²) in [5.74, 6) is 1.65. The minimum absolute atomic E-state index is 0.195. The fourth-order valence-corrected chi connectivity index (χ4v) is 2.27. The van der Waals surface area contributed by atoms with Crippen LogP contribution in [0.15, 0.2) is 12.1 Å². The topological polar surface area (TPSA) is 51.8 Å². The second-order valence-corrected chi connectivity index (χ2v) is 4.55. The Labute approximate surface area is 114 Å². The Balaban J connectivity index is 2.04. The molecule has 0 saturated carbocycles. The Bertz CT molecular complexity index is 417. The third-order valence-electron chi connectivity index (χ3n) is 3.30. The molecule has 1 atom stereocenters. The lowest BCUT2D eigenvalue weighted by atomic mass is 10.1. The maximum absolute atomic E-state index is 5.66. The molecule has 1 fully saturated rings. The van der Waals surface area contributed by atoms with Crippen LogP contribution in [0.2, 0.25) is 0 Å². The molecule has 1 heterocycles. The van der Waals surface area contributed by atoms with E-state index in [9.17, 15) is 0 Å². The van der Waals surface area contributed by atoms with Gasteiger partial charge in [-0.25, -0.2) is 0 Å². The summed E-state index contributed by atoms with van der Waals surface area (Å²) in [6.07, 6.45) is 0.195. The molecule has 0 spiro atoms. The molecular weight excluding hydrogens is 244 g/mol. The molecule has 2 N–H and O–H groups in total. The minimum Gasteiger partial charge on any atom is -0.496 e. The number of benzene rings is 1. The molecular formula is C14H22N2O3. The van der Waals surface area contributed by atoms with Gasteiger partial charge in [0.25, 0.3) is 0 Å². The highest BCUT2D eigenvalue weighted by Crippen LogP contribution is 2.34. The summed E-state index contributed by atoms with van der Waals surface area (Å²) in [6, 6.07) is 3.92. The summed E-state index contributed by atoms with van der Waals surface area (Å²) in [5, 5.41) is 6.69. The highest BCUT2D eigenvalue weighted by Gasteiger charge is 2.15. The lowest BCUT2D eigenvalue weighted by molar-refractivity contribution is 0.0372. The molecule has 106 valence electrons. The van der Waals surface area contributed by atoms with Crippen molar-refractivity contribution in [3.8, 4) is 11.5 Å². The summed E-state index contributed by atoms with van der Waals surface area (Å²) in [6.45, 7) is 5.33. The first-order valence-electron chi connectivity index (χ1n) is 6.54. The second-order valence-electron chi connectivity index (χ2n) is 4.55. The smallest absolute Gasteiger partial charge is 0.148 e. The largest absolute Gasteiger partial charge is 0.496 e. The Hall–Kier alpha value is -1.46. The molecule has 1 aromatic carbocycles. The molecule has 1 aliphatic rings. The van der Waals surface area contributed by atoms with Crippen LogP contribution in [0.1, 0.15) is 5.56 Å². The molecule has 0 aromatic heterocycles. The highest BCUT2D eigenvalue weighted by molar-refractivity contribution is 5.64. The van der Waals surface area contributed by atoms with E-state index in [0.29, 0.717) is 0 Å². The third-order valence-corrected chi connectivity index (χ3v) is 3.30. The van der Waals surface area contributed by atoms with E-state index in [0.717, 1.165) is 49.0 Å². The maximum atomic E-state index is 5.66. The summed E-state index contributed by atoms with van der Waals surface area (Å²) in [7, 11) is 3.34. The molecule has 0 aliphatic carbocycles. The van der Waals surface area contributed by atoms with E-state index in [1.165, 1.54) is 0 Å². The van der Waals surface area contributed by atoms with Gasteiger partial charge in [-0.15, -0.1) is 0 Å². The van der Waals surface area contributed by atoms with Gasteiger partial charge in [0.2, 0.25) is 0 Å². The zero-order valence-corrected chi connectivity index (χ0v) is 11.8. The minimum atomic E-state index is 0.195. The molecule has 0 amide bonds. The molecule has 1 saturated heterocycles. The van der Waals surface area contributed by atoms with Crippen LogP contribution < -0.4 is 20.1 Å². The van der Waals surface area contributed by atoms with E-state index < -0.39 is 0 Å². The second kappa shape index (κ2) is 6.63. The molecule has 2 rings (SSSR count). The van der Waals surface area contributed by atoms with Crippen LogP contribution in [0.5, 0.6) is 11.5 Å². The number of hydrogen-bond donors (Lipinski definition) is 2. The van der Waals surface area contributed by atoms with Crippen molar-refractivity contribution in [2.24, 2.45) is 0 Å². The van der Waals surface area contributed by atoms with Crippen molar-refractivity contribution < 1.29 is 14.2 Å². The van der Waals surface area contributed by atoms with Crippen LogP contribution in [0.25, 0.3) is 0 Å². The summed E-state index contributed by atoms with van der Waals surface area (Å²) < 4.78 is 16.4. The van der Waals surface area contributed by atoms with E-state index in [-0.39, 0.29) is 6.10 Å². The lowest BCUT2D eigenvalue weighted by Gasteiger charge is -2.25. The van der Waals surface area contributed by atoms with Crippen molar-refractivity contribution in [3.63, 3.8) is 0 Å². The van der Waals surface area contributed by atoms with Crippen molar-refractivity contribution in [1.29, 1.82) is 0 Å². The number of hydrogen-bond acceptors (Lipinski definition) is 5. The van der Waals surface area contributed by atoms with Crippen molar-refractivity contribution in [2.75, 3.05) is 45.8 Å². The number of rotatable bonds is 5. The third kappa shape index (κ3) is 3.30. The van der Waals surface area contributed by atoms with Crippen molar-refractivity contribution >= 4 is 5.69 Å². The predicted molar refractivity (Wildman–Crippen MR) is 75.4 cm³/mol. The molecule has 1 unspecified atom stereocenters. The van der Waals surface area contributed by atoms with Gasteiger partial charge < -0.3 is 24.8 Å². The van der Waals surface area contributed by atoms with E-state index >= 15 is 0 Å². The highest BCUT2D eigenvalue weighted by atomic mass is 16.5. The molecule has 0 bridgehead atoms. The van der Waals surface area contributed by atoms with Gasteiger partial charge in [0.15, 0.2) is 0 Å². The van der Waals surface area contributed by atoms with Gasteiger partial charge in [0.05, 0.1) is 32.6 Å². The number of anilines is 1. The molecule has 1 aromatic rings. The first kappa shape index (κ1) is 14.0. The van der Waals surface area contributed by atoms with Crippen molar-refractivity contribution in [3.05, 3.63) is 17.7 Å². The van der Waals surface area contributed by atoms with Gasteiger partial charge >= 0.3 is 0 Å². The zero-order chi connectivity index (χ0) is 13.7. The van der Waals surface area contributed by atoms with Crippen LogP contribution in [0.3, 0.4) is 0 Å². The molecule has 1 aliphatic heterocycles. The predicted octanol–water partition coefficient (Wildman–Crippen LogP) is 1.41. The zero-order valence-electron chi connectivity index (χ0n) is 11.8. The van der Waals surface area contributed by atoms with Crippen LogP contribution in [0, 0.1) is 6.92 Å². The Morgan fingerprint density at radius 1 is 1.37 bits per heavy atom. The Kier molecular flexibility index (Phi) is 4.87. The average Bonchev–Trinajstić information content (AvgIpc) is 2.46. The number of ether oxygens (including phenoxy) is 3. The molecule has 19 heavy (non-hydrogen) atoms. The monoisotopic (exact) mass is 266 g/mol. The average molecular weight is 266 g/mol. The quantitative estimate of drug-likeness (QED) is 0.844. The fourth-order valence-electron chi connectivity index (χ4n) is 2.27. The molecule has 5 heteroatoms. The van der Waals surface area contributed by atoms with Gasteiger partial charge in [0, 0.05) is 25.2 Å². The maximum Gasteiger partial charge on any atom is 0.148 e. The van der Waals surface area contributed by atoms with Gasteiger partial charge in [-0.05, 0) is 19.1 Å². The standard InChI is InChI=1S/C14H22N2O3/c1-10-13(17-2)5-4-12(14(10)18-3)16-9-11-8-15-6-7-19-11/h4-5,11,15-16H,6-9H2,1-3H3. The van der Waals surface area contributed by atoms with E-state index in [1.54, 1.807) is 14.2 Å². The van der Waals surface area contributed by atoms with Crippen LogP contribution in [0.4, 0.5) is 5.69 Å². The Morgan fingerprint density at radius 2 is 2.21 bits per heavy atom. The first-order chi connectivity index (χ1) is 9.26. The first-order valence-corrected chi connectivity index (χ1v) is 6.54. The van der Waals surface area contributed by atoms with E-state index in [1.807, 2.05) is 19.1 Å². The van der Waals surface area contributed by atoms with Crippen LogP contribution >= 0.6 is 0 Å². The number of methoxy groups -OCH3 is 2. The van der Waals surface area contributed by atoms with Crippen molar-refractivity contribution in [1.82, 2.24) is 5.32 Å². The SMILES string of the molecule is COc1ccc(NCC2CNCCO2)c(OC)c1C. The van der Waals surface area contributed by atoms with Gasteiger partial charge in [-0.3, -0.25) is 0 Å². The molecule has 5 nitrogen and oxygen atoms in total. The summed E-state index contributed by atoms with van der Waals surface area (Å²) in [4.78, 5) is 0. The summed E-state index contributed by atoms with van der Waals surface area (Å²) >= 11 is 0. The van der Waals surface area contributed by atoms with Gasteiger partial charge in [-0.2, -0.15) is 0 Å². The number of nitrogens with one attached hydrogen (secondary N) is 2. The molecule has 0 radical (unpaired) electrons. The number of morpholine rings is 1. The van der Waals surface area contributed by atoms with Crippen LogP contribution in [-0.2, 0) is 4.74 Å². The van der Waals surface area contributed by atoms with Gasteiger partial charge in [0.1, 0.15) is 11.5 Å². The Morgan fingerprint density at radius 3 is 2.84 bits per heavy atom. The van der Waals surface area contributed by atoms with Gasteiger partial charge in [-0.1, -0.05) is 0 Å². The van der Waals surface area contributed by atoms with E-state index in [2.05, 4.69) is 10.6 Å². The van der Waals surface area contributed by atoms with Crippen LogP contribution in [-0.4, -0.2) is 46.6 Å². The fraction of sp³-hybridized carbons (Fsp3) is 0.571. The normalized spacial score (nSPS) is 19.0.